The zero-order valence-electron chi connectivity index (χ0n) is 5.54. The molecule has 0 saturated carbocycles. The minimum atomic E-state index is 0.506. The number of hydrogen-bond acceptors (Lipinski definition) is 2. The van der Waals surface area contributed by atoms with Gasteiger partial charge in [0.15, 0.2) is 6.29 Å². The number of aromatic nitrogens is 2. The summed E-state index contributed by atoms with van der Waals surface area (Å²) >= 11 is 2.15. The fourth-order valence-electron chi connectivity index (χ4n) is 0.692. The van der Waals surface area contributed by atoms with E-state index in [2.05, 4.69) is 27.7 Å². The molecule has 3 nitrogen and oxygen atoms in total. The fraction of sp³-hybridized carbons (Fsp3) is 0.333. The van der Waals surface area contributed by atoms with Gasteiger partial charge in [0.1, 0.15) is 5.69 Å². The lowest BCUT2D eigenvalue weighted by atomic mass is 10.5. The van der Waals surface area contributed by atoms with Gasteiger partial charge in [0.05, 0.1) is 3.70 Å². The lowest BCUT2D eigenvalue weighted by Crippen LogP contribution is -1.98. The summed E-state index contributed by atoms with van der Waals surface area (Å²) in [6, 6.07) is 1.76. The zero-order valence-corrected chi connectivity index (χ0v) is 7.70. The van der Waals surface area contributed by atoms with Gasteiger partial charge in [-0.05, 0) is 29.5 Å². The second kappa shape index (κ2) is 3.14. The van der Waals surface area contributed by atoms with Crippen molar-refractivity contribution in [3.63, 3.8) is 0 Å². The first-order chi connectivity index (χ1) is 4.77. The summed E-state index contributed by atoms with van der Waals surface area (Å²) in [5.74, 6) is 0. The van der Waals surface area contributed by atoms with Gasteiger partial charge in [0.25, 0.3) is 0 Å². The first kappa shape index (κ1) is 7.71. The molecule has 0 amide bonds. The van der Waals surface area contributed by atoms with E-state index in [-0.39, 0.29) is 0 Å². The van der Waals surface area contributed by atoms with Crippen molar-refractivity contribution in [1.29, 1.82) is 0 Å². The van der Waals surface area contributed by atoms with E-state index in [4.69, 9.17) is 0 Å². The Labute approximate surface area is 72.6 Å². The molecule has 0 saturated heterocycles. The summed E-state index contributed by atoms with van der Waals surface area (Å²) in [5.41, 5.74) is 0.506. The summed E-state index contributed by atoms with van der Waals surface area (Å²) in [7, 11) is 0. The van der Waals surface area contributed by atoms with Gasteiger partial charge in [-0.15, -0.1) is 0 Å². The maximum absolute atomic E-state index is 10.2. The quantitative estimate of drug-likeness (QED) is 0.586. The predicted molar refractivity (Wildman–Crippen MR) is 46.0 cm³/mol. The lowest BCUT2D eigenvalue weighted by Gasteiger charge is -1.93. The first-order valence-electron chi connectivity index (χ1n) is 2.96. The Balaban J connectivity index is 3.03. The average molecular weight is 250 g/mol. The van der Waals surface area contributed by atoms with Crippen molar-refractivity contribution in [3.05, 3.63) is 15.5 Å². The number of rotatable bonds is 2. The van der Waals surface area contributed by atoms with E-state index >= 15 is 0 Å². The normalized spacial score (nSPS) is 9.80. The minimum Gasteiger partial charge on any atom is -0.296 e. The van der Waals surface area contributed by atoms with Crippen molar-refractivity contribution >= 4 is 28.9 Å². The third-order valence-corrected chi connectivity index (χ3v) is 2.04. The van der Waals surface area contributed by atoms with Gasteiger partial charge in [-0.1, -0.05) is 0 Å². The molecule has 0 spiro atoms. The van der Waals surface area contributed by atoms with Crippen LogP contribution >= 0.6 is 22.6 Å². The van der Waals surface area contributed by atoms with Crippen molar-refractivity contribution in [3.8, 4) is 0 Å². The largest absolute Gasteiger partial charge is 0.296 e. The number of hydrogen-bond donors (Lipinski definition) is 0. The summed E-state index contributed by atoms with van der Waals surface area (Å²) < 4.78 is 2.78. The second-order valence-electron chi connectivity index (χ2n) is 1.83. The van der Waals surface area contributed by atoms with Gasteiger partial charge in [-0.3, -0.25) is 9.48 Å². The van der Waals surface area contributed by atoms with Crippen LogP contribution in [0.5, 0.6) is 0 Å². The molecule has 0 unspecified atom stereocenters. The van der Waals surface area contributed by atoms with Crippen LogP contribution in [0.3, 0.4) is 0 Å². The molecule has 0 aliphatic carbocycles. The van der Waals surface area contributed by atoms with Crippen molar-refractivity contribution in [1.82, 2.24) is 9.78 Å². The third kappa shape index (κ3) is 1.36. The molecule has 0 radical (unpaired) electrons. The molecule has 1 rings (SSSR count). The van der Waals surface area contributed by atoms with Gasteiger partial charge < -0.3 is 0 Å². The van der Waals surface area contributed by atoms with Crippen molar-refractivity contribution in [2.75, 3.05) is 0 Å². The fourth-order valence-corrected chi connectivity index (χ4v) is 1.46. The molecule has 1 heterocycles. The molecule has 0 N–H and O–H groups in total. The van der Waals surface area contributed by atoms with Gasteiger partial charge in [-0.25, -0.2) is 0 Å². The Hall–Kier alpha value is -0.390. The second-order valence-corrected chi connectivity index (χ2v) is 2.93. The van der Waals surface area contributed by atoms with Gasteiger partial charge >= 0.3 is 0 Å². The van der Waals surface area contributed by atoms with Crippen LogP contribution < -0.4 is 0 Å². The summed E-state index contributed by atoms with van der Waals surface area (Å²) in [4.78, 5) is 10.2. The van der Waals surface area contributed by atoms with Crippen LogP contribution in [-0.4, -0.2) is 16.1 Å². The number of carbonyl (C=O) groups is 1. The molecular weight excluding hydrogens is 243 g/mol. The highest BCUT2D eigenvalue weighted by atomic mass is 127. The van der Waals surface area contributed by atoms with Crippen molar-refractivity contribution in [2.45, 2.75) is 13.5 Å². The molecule has 1 aromatic rings. The van der Waals surface area contributed by atoms with Crippen LogP contribution in [0, 0.1) is 3.70 Å². The Morgan fingerprint density at radius 2 is 2.60 bits per heavy atom. The Morgan fingerprint density at radius 1 is 1.90 bits per heavy atom. The van der Waals surface area contributed by atoms with E-state index in [1.54, 1.807) is 10.7 Å². The third-order valence-electron chi connectivity index (χ3n) is 1.17. The molecule has 10 heavy (non-hydrogen) atoms. The number of aryl methyl sites for hydroxylation is 1. The van der Waals surface area contributed by atoms with Crippen molar-refractivity contribution in [2.24, 2.45) is 0 Å². The Bertz CT molecular complexity index is 244. The number of aldehydes is 1. The molecule has 0 aliphatic rings. The maximum Gasteiger partial charge on any atom is 0.170 e. The first-order valence-corrected chi connectivity index (χ1v) is 4.04. The highest BCUT2D eigenvalue weighted by Gasteiger charge is 2.00. The zero-order chi connectivity index (χ0) is 7.56. The van der Waals surface area contributed by atoms with Gasteiger partial charge in [0, 0.05) is 12.6 Å². The molecule has 0 aromatic carbocycles. The van der Waals surface area contributed by atoms with Crippen molar-refractivity contribution < 1.29 is 4.79 Å². The molecular formula is C6H7IN2O. The van der Waals surface area contributed by atoms with Crippen LogP contribution in [-0.2, 0) is 6.54 Å². The summed E-state index contributed by atoms with van der Waals surface area (Å²) in [6.45, 7) is 2.80. The van der Waals surface area contributed by atoms with Gasteiger partial charge in [0.2, 0.25) is 0 Å². The predicted octanol–water partition coefficient (Wildman–Crippen LogP) is 1.32. The van der Waals surface area contributed by atoms with Crippen LogP contribution in [0.25, 0.3) is 0 Å². The van der Waals surface area contributed by atoms with E-state index in [1.165, 1.54) is 0 Å². The number of halogens is 1. The van der Waals surface area contributed by atoms with Gasteiger partial charge in [-0.2, -0.15) is 5.10 Å². The molecule has 54 valence electrons. The lowest BCUT2D eigenvalue weighted by molar-refractivity contribution is 0.111. The monoisotopic (exact) mass is 250 g/mol. The van der Waals surface area contributed by atoms with E-state index < -0.39 is 0 Å². The van der Waals surface area contributed by atoms with E-state index in [0.29, 0.717) is 5.69 Å². The Kier molecular flexibility index (Phi) is 2.42. The summed E-state index contributed by atoms with van der Waals surface area (Å²) in [6.07, 6.45) is 0.758. The molecule has 0 bridgehead atoms. The van der Waals surface area contributed by atoms with Crippen LogP contribution in [0.2, 0.25) is 0 Å². The number of carbonyl (C=O) groups excluding carboxylic acids is 1. The summed E-state index contributed by atoms with van der Waals surface area (Å²) in [5, 5.41) is 3.99. The van der Waals surface area contributed by atoms with Crippen LogP contribution in [0.1, 0.15) is 17.4 Å². The van der Waals surface area contributed by atoms with E-state index in [1.807, 2.05) is 6.92 Å². The SMILES string of the molecule is CCn1nc(C=O)cc1I. The molecule has 0 aliphatic heterocycles. The minimum absolute atomic E-state index is 0.506. The molecule has 0 fully saturated rings. The highest BCUT2D eigenvalue weighted by molar-refractivity contribution is 14.1. The highest BCUT2D eigenvalue weighted by Crippen LogP contribution is 2.05. The molecule has 0 atom stereocenters. The standard InChI is InChI=1S/C6H7IN2O/c1-2-9-6(7)3-5(4-10)8-9/h3-4H,2H2,1H3. The Morgan fingerprint density at radius 3 is 2.90 bits per heavy atom. The number of nitrogens with zero attached hydrogens (tertiary/aromatic N) is 2. The topological polar surface area (TPSA) is 34.9 Å². The van der Waals surface area contributed by atoms with Crippen LogP contribution in [0.4, 0.5) is 0 Å². The maximum atomic E-state index is 10.2. The molecule has 1 aromatic heterocycles. The smallest absolute Gasteiger partial charge is 0.170 e. The average Bonchev–Trinajstić information content (AvgIpc) is 2.30. The van der Waals surface area contributed by atoms with Crippen LogP contribution in [0.15, 0.2) is 6.07 Å². The van der Waals surface area contributed by atoms with E-state index in [0.717, 1.165) is 16.5 Å². The van der Waals surface area contributed by atoms with E-state index in [9.17, 15) is 4.79 Å². The molecule has 4 heteroatoms.